The van der Waals surface area contributed by atoms with E-state index in [-0.39, 0.29) is 10.8 Å². The van der Waals surface area contributed by atoms with E-state index in [1.807, 2.05) is 0 Å². The zero-order valence-corrected chi connectivity index (χ0v) is 20.0. The quantitative estimate of drug-likeness (QED) is 0.588. The van der Waals surface area contributed by atoms with Crippen LogP contribution in [0.4, 0.5) is 5.69 Å². The average Bonchev–Trinajstić information content (AvgIpc) is 3.29. The lowest BCUT2D eigenvalue weighted by molar-refractivity contribution is -0.115. The van der Waals surface area contributed by atoms with E-state index in [1.54, 1.807) is 31.2 Å². The van der Waals surface area contributed by atoms with Crippen molar-refractivity contribution in [2.45, 2.75) is 79.6 Å². The summed E-state index contributed by atoms with van der Waals surface area (Å²) in [6, 6.07) is 6.34. The molecule has 1 N–H and O–H groups in total. The fraction of sp³-hybridized carbons (Fsp3) is 0.591. The van der Waals surface area contributed by atoms with Gasteiger partial charge in [-0.05, 0) is 56.9 Å². The van der Waals surface area contributed by atoms with Crippen molar-refractivity contribution in [3.05, 3.63) is 30.2 Å². The van der Waals surface area contributed by atoms with E-state index in [0.717, 1.165) is 32.1 Å². The van der Waals surface area contributed by atoms with E-state index in [0.29, 0.717) is 35.8 Å². The summed E-state index contributed by atoms with van der Waals surface area (Å²) in [6.45, 7) is 2.90. The van der Waals surface area contributed by atoms with E-state index >= 15 is 0 Å². The SMILES string of the molecule is CC(Sc1nnc(C2CCCCC2)o1)C(=O)Nc1ccc(S(=O)(=O)N2CCCCC2)cc1. The second-order valence-corrected chi connectivity index (χ2v) is 11.7. The minimum atomic E-state index is -3.48. The largest absolute Gasteiger partial charge is 0.416 e. The van der Waals surface area contributed by atoms with Gasteiger partial charge in [0, 0.05) is 24.7 Å². The normalized spacial score (nSPS) is 19.5. The molecule has 2 heterocycles. The summed E-state index contributed by atoms with van der Waals surface area (Å²) in [5, 5.41) is 11.1. The van der Waals surface area contributed by atoms with Gasteiger partial charge in [-0.3, -0.25) is 4.79 Å². The summed E-state index contributed by atoms with van der Waals surface area (Å²) in [7, 11) is -3.48. The van der Waals surface area contributed by atoms with Crippen LogP contribution < -0.4 is 5.32 Å². The smallest absolute Gasteiger partial charge is 0.277 e. The van der Waals surface area contributed by atoms with Crippen LogP contribution in [-0.2, 0) is 14.8 Å². The van der Waals surface area contributed by atoms with Gasteiger partial charge in [-0.15, -0.1) is 10.2 Å². The van der Waals surface area contributed by atoms with Crippen LogP contribution in [0.2, 0.25) is 0 Å². The van der Waals surface area contributed by atoms with Crippen LogP contribution in [-0.4, -0.2) is 47.2 Å². The van der Waals surface area contributed by atoms with Crippen molar-refractivity contribution >= 4 is 33.4 Å². The van der Waals surface area contributed by atoms with Crippen LogP contribution >= 0.6 is 11.8 Å². The highest BCUT2D eigenvalue weighted by Gasteiger charge is 2.26. The minimum Gasteiger partial charge on any atom is -0.416 e. The van der Waals surface area contributed by atoms with Crippen LogP contribution in [0.1, 0.15) is 70.1 Å². The zero-order chi connectivity index (χ0) is 22.6. The predicted molar refractivity (Wildman–Crippen MR) is 123 cm³/mol. The van der Waals surface area contributed by atoms with Gasteiger partial charge in [-0.25, -0.2) is 8.42 Å². The van der Waals surface area contributed by atoms with Crippen LogP contribution in [0, 0.1) is 0 Å². The molecule has 1 amide bonds. The van der Waals surface area contributed by atoms with Gasteiger partial charge >= 0.3 is 0 Å². The molecule has 1 aliphatic heterocycles. The van der Waals surface area contributed by atoms with Crippen LogP contribution in [0.5, 0.6) is 0 Å². The van der Waals surface area contributed by atoms with E-state index < -0.39 is 15.3 Å². The Morgan fingerprint density at radius 1 is 1.06 bits per heavy atom. The molecule has 1 saturated carbocycles. The van der Waals surface area contributed by atoms with E-state index in [1.165, 1.54) is 35.3 Å². The monoisotopic (exact) mass is 478 g/mol. The van der Waals surface area contributed by atoms with Crippen molar-refractivity contribution < 1.29 is 17.6 Å². The molecule has 8 nitrogen and oxygen atoms in total. The minimum absolute atomic E-state index is 0.209. The fourth-order valence-electron chi connectivity index (χ4n) is 4.20. The van der Waals surface area contributed by atoms with Gasteiger partial charge in [0.1, 0.15) is 0 Å². The van der Waals surface area contributed by atoms with E-state index in [4.69, 9.17) is 4.42 Å². The molecule has 1 unspecified atom stereocenters. The van der Waals surface area contributed by atoms with Gasteiger partial charge in [0.15, 0.2) is 0 Å². The van der Waals surface area contributed by atoms with Gasteiger partial charge in [0.2, 0.25) is 21.8 Å². The summed E-state index contributed by atoms with van der Waals surface area (Å²) in [6.07, 6.45) is 8.64. The Balaban J connectivity index is 1.33. The van der Waals surface area contributed by atoms with Gasteiger partial charge in [0.25, 0.3) is 5.22 Å². The number of hydrogen-bond donors (Lipinski definition) is 1. The third-order valence-corrected chi connectivity index (χ3v) is 8.95. The van der Waals surface area contributed by atoms with Crippen LogP contribution in [0.3, 0.4) is 0 Å². The van der Waals surface area contributed by atoms with E-state index in [2.05, 4.69) is 15.5 Å². The Morgan fingerprint density at radius 3 is 2.41 bits per heavy atom. The number of piperidine rings is 1. The standard InChI is InChI=1S/C22H30N4O4S2/c1-16(31-22-25-24-21(30-22)17-8-4-2-5-9-17)20(27)23-18-10-12-19(13-11-18)32(28,29)26-14-6-3-7-15-26/h10-13,16-17H,2-9,14-15H2,1H3,(H,23,27). The Labute approximate surface area is 193 Å². The molecule has 2 aromatic rings. The Bertz CT molecular complexity index is 1010. The second kappa shape index (κ2) is 10.4. The number of nitrogens with zero attached hydrogens (tertiary/aromatic N) is 3. The molecule has 0 radical (unpaired) electrons. The molecule has 1 aliphatic carbocycles. The van der Waals surface area contributed by atoms with Crippen molar-refractivity contribution in [2.75, 3.05) is 18.4 Å². The molecule has 4 rings (SSSR count). The number of carbonyl (C=O) groups excluding carboxylic acids is 1. The van der Waals surface area contributed by atoms with Gasteiger partial charge in [0.05, 0.1) is 10.1 Å². The maximum absolute atomic E-state index is 12.8. The third-order valence-electron chi connectivity index (χ3n) is 6.10. The number of carbonyl (C=O) groups is 1. The van der Waals surface area contributed by atoms with Gasteiger partial charge < -0.3 is 9.73 Å². The molecule has 1 saturated heterocycles. The maximum atomic E-state index is 12.8. The van der Waals surface area contributed by atoms with Gasteiger partial charge in [-0.2, -0.15) is 4.31 Å². The molecule has 0 bridgehead atoms. The number of amides is 1. The Kier molecular flexibility index (Phi) is 7.52. The highest BCUT2D eigenvalue weighted by Crippen LogP contribution is 2.33. The highest BCUT2D eigenvalue weighted by atomic mass is 32.2. The molecule has 0 spiro atoms. The summed E-state index contributed by atoms with van der Waals surface area (Å²) >= 11 is 1.23. The molecule has 1 aromatic carbocycles. The summed E-state index contributed by atoms with van der Waals surface area (Å²) in [5.41, 5.74) is 0.550. The molecular formula is C22H30N4O4S2. The molecule has 10 heteroatoms. The highest BCUT2D eigenvalue weighted by molar-refractivity contribution is 8.00. The second-order valence-electron chi connectivity index (χ2n) is 8.48. The third kappa shape index (κ3) is 5.52. The van der Waals surface area contributed by atoms with Crippen LogP contribution in [0.15, 0.2) is 38.8 Å². The number of sulfonamides is 1. The lowest BCUT2D eigenvalue weighted by Crippen LogP contribution is -2.35. The molecule has 1 atom stereocenters. The first-order chi connectivity index (χ1) is 15.4. The van der Waals surface area contributed by atoms with Crippen molar-refractivity contribution in [1.29, 1.82) is 0 Å². The first-order valence-corrected chi connectivity index (χ1v) is 13.7. The number of hydrogen-bond acceptors (Lipinski definition) is 7. The number of rotatable bonds is 7. The van der Waals surface area contributed by atoms with Crippen molar-refractivity contribution in [3.63, 3.8) is 0 Å². The van der Waals surface area contributed by atoms with Crippen molar-refractivity contribution in [3.8, 4) is 0 Å². The summed E-state index contributed by atoms with van der Waals surface area (Å²) < 4.78 is 32.9. The van der Waals surface area contributed by atoms with E-state index in [9.17, 15) is 13.2 Å². The summed E-state index contributed by atoms with van der Waals surface area (Å²) in [4.78, 5) is 12.9. The van der Waals surface area contributed by atoms with Gasteiger partial charge in [-0.1, -0.05) is 37.4 Å². The number of aromatic nitrogens is 2. The lowest BCUT2D eigenvalue weighted by Gasteiger charge is -2.25. The first kappa shape index (κ1) is 23.3. The first-order valence-electron chi connectivity index (χ1n) is 11.3. The Morgan fingerprint density at radius 2 is 1.72 bits per heavy atom. The average molecular weight is 479 g/mol. The molecule has 174 valence electrons. The molecule has 2 aliphatic rings. The Hall–Kier alpha value is -1.91. The number of benzene rings is 1. The number of nitrogens with one attached hydrogen (secondary N) is 1. The molecular weight excluding hydrogens is 448 g/mol. The number of anilines is 1. The predicted octanol–water partition coefficient (Wildman–Crippen LogP) is 4.41. The lowest BCUT2D eigenvalue weighted by atomic mass is 9.89. The maximum Gasteiger partial charge on any atom is 0.277 e. The number of thioether (sulfide) groups is 1. The topological polar surface area (TPSA) is 105 Å². The summed E-state index contributed by atoms with van der Waals surface area (Å²) in [5.74, 6) is 0.791. The fourth-order valence-corrected chi connectivity index (χ4v) is 6.40. The zero-order valence-electron chi connectivity index (χ0n) is 18.3. The van der Waals surface area contributed by atoms with Crippen molar-refractivity contribution in [2.24, 2.45) is 0 Å². The molecule has 1 aromatic heterocycles. The van der Waals surface area contributed by atoms with Crippen LogP contribution in [0.25, 0.3) is 0 Å². The molecule has 32 heavy (non-hydrogen) atoms. The van der Waals surface area contributed by atoms with Crippen molar-refractivity contribution in [1.82, 2.24) is 14.5 Å². The molecule has 2 fully saturated rings.